The first-order valence-electron chi connectivity index (χ1n) is 7.23. The summed E-state index contributed by atoms with van der Waals surface area (Å²) in [7, 11) is 1.62. The van der Waals surface area contributed by atoms with E-state index in [1.54, 1.807) is 7.11 Å². The Morgan fingerprint density at radius 1 is 1.17 bits per heavy atom. The fraction of sp³-hybridized carbons (Fsp3) is 0.929. The molecule has 0 aliphatic carbocycles. The number of amides is 1. The van der Waals surface area contributed by atoms with Gasteiger partial charge >= 0.3 is 0 Å². The van der Waals surface area contributed by atoms with Crippen LogP contribution < -0.4 is 11.1 Å². The number of nitrogens with two attached hydrogens (primary N) is 1. The Kier molecular flexibility index (Phi) is 12.4. The van der Waals surface area contributed by atoms with Crippen molar-refractivity contribution in [3.05, 3.63) is 0 Å². The van der Waals surface area contributed by atoms with Gasteiger partial charge in [0.2, 0.25) is 5.91 Å². The average Bonchev–Trinajstić information content (AvgIpc) is 2.37. The van der Waals surface area contributed by atoms with Crippen molar-refractivity contribution in [3.8, 4) is 0 Å². The van der Waals surface area contributed by atoms with Gasteiger partial charge in [0.1, 0.15) is 0 Å². The molecule has 1 amide bonds. The summed E-state index contributed by atoms with van der Waals surface area (Å²) in [5.41, 5.74) is 5.54. The van der Waals surface area contributed by atoms with E-state index in [0.29, 0.717) is 19.6 Å². The van der Waals surface area contributed by atoms with Crippen molar-refractivity contribution < 1.29 is 9.53 Å². The summed E-state index contributed by atoms with van der Waals surface area (Å²) in [4.78, 5) is 11.6. The largest absolute Gasteiger partial charge is 0.383 e. The third kappa shape index (κ3) is 10.5. The first-order valence-corrected chi connectivity index (χ1v) is 7.23. The van der Waals surface area contributed by atoms with Gasteiger partial charge in [0.25, 0.3) is 0 Å². The highest BCUT2D eigenvalue weighted by Crippen LogP contribution is 2.08. The highest BCUT2D eigenvalue weighted by atomic mass is 16.5. The van der Waals surface area contributed by atoms with Gasteiger partial charge in [-0.2, -0.15) is 0 Å². The van der Waals surface area contributed by atoms with Crippen LogP contribution in [0.2, 0.25) is 0 Å². The van der Waals surface area contributed by atoms with Crippen LogP contribution in [-0.4, -0.2) is 32.2 Å². The maximum Gasteiger partial charge on any atom is 0.220 e. The molecule has 0 bridgehead atoms. The van der Waals surface area contributed by atoms with Gasteiger partial charge in [-0.3, -0.25) is 4.79 Å². The van der Waals surface area contributed by atoms with Crippen LogP contribution in [0.3, 0.4) is 0 Å². The van der Waals surface area contributed by atoms with Crippen molar-refractivity contribution in [3.63, 3.8) is 0 Å². The molecule has 0 heterocycles. The van der Waals surface area contributed by atoms with Crippen LogP contribution in [0.15, 0.2) is 0 Å². The zero-order valence-corrected chi connectivity index (χ0v) is 12.0. The van der Waals surface area contributed by atoms with Crippen molar-refractivity contribution in [2.24, 2.45) is 5.73 Å². The number of methoxy groups -OCH3 is 1. The minimum atomic E-state index is -0.0490. The highest BCUT2D eigenvalue weighted by Gasteiger charge is 2.09. The molecule has 0 aliphatic heterocycles. The molecule has 18 heavy (non-hydrogen) atoms. The zero-order chi connectivity index (χ0) is 13.6. The van der Waals surface area contributed by atoms with Crippen LogP contribution in [0.25, 0.3) is 0 Å². The molecule has 3 N–H and O–H groups in total. The van der Waals surface area contributed by atoms with Gasteiger partial charge < -0.3 is 15.8 Å². The van der Waals surface area contributed by atoms with E-state index in [-0.39, 0.29) is 11.9 Å². The normalized spacial score (nSPS) is 12.4. The average molecular weight is 258 g/mol. The van der Waals surface area contributed by atoms with Crippen LogP contribution in [-0.2, 0) is 9.53 Å². The smallest absolute Gasteiger partial charge is 0.220 e. The van der Waals surface area contributed by atoms with Gasteiger partial charge in [-0.15, -0.1) is 0 Å². The predicted molar refractivity (Wildman–Crippen MR) is 75.5 cm³/mol. The molecule has 0 saturated carbocycles. The van der Waals surface area contributed by atoms with Crippen LogP contribution in [0.4, 0.5) is 0 Å². The number of hydrogen-bond acceptors (Lipinski definition) is 3. The first-order chi connectivity index (χ1) is 8.74. The minimum absolute atomic E-state index is 0.0490. The summed E-state index contributed by atoms with van der Waals surface area (Å²) < 4.78 is 4.98. The van der Waals surface area contributed by atoms with Crippen molar-refractivity contribution in [1.29, 1.82) is 0 Å². The van der Waals surface area contributed by atoms with Crippen molar-refractivity contribution in [2.75, 3.05) is 20.3 Å². The monoisotopic (exact) mass is 258 g/mol. The lowest BCUT2D eigenvalue weighted by atomic mass is 10.1. The zero-order valence-electron chi connectivity index (χ0n) is 12.0. The Labute approximate surface area is 112 Å². The molecule has 4 nitrogen and oxygen atoms in total. The Hall–Kier alpha value is -0.610. The van der Waals surface area contributed by atoms with Gasteiger partial charge in [0.15, 0.2) is 0 Å². The van der Waals surface area contributed by atoms with E-state index in [0.717, 1.165) is 12.8 Å². The standard InChI is InChI=1S/C14H30N2O2/c1-3-4-5-6-7-8-9-10-14(17)16-13(11-15)12-18-2/h13H,3-12,15H2,1-2H3,(H,16,17). The second kappa shape index (κ2) is 12.8. The van der Waals surface area contributed by atoms with Crippen LogP contribution in [0.1, 0.15) is 58.3 Å². The quantitative estimate of drug-likeness (QED) is 0.528. The van der Waals surface area contributed by atoms with E-state index >= 15 is 0 Å². The lowest BCUT2D eigenvalue weighted by Gasteiger charge is -2.15. The maximum atomic E-state index is 11.6. The molecule has 0 aromatic rings. The lowest BCUT2D eigenvalue weighted by molar-refractivity contribution is -0.122. The third-order valence-electron chi connectivity index (χ3n) is 3.02. The molecule has 0 spiro atoms. The van der Waals surface area contributed by atoms with Gasteiger partial charge in [-0.1, -0.05) is 45.4 Å². The molecule has 0 rings (SSSR count). The number of carbonyl (C=O) groups is 1. The van der Waals surface area contributed by atoms with E-state index in [1.807, 2.05) is 0 Å². The second-order valence-corrected chi connectivity index (χ2v) is 4.83. The van der Waals surface area contributed by atoms with Crippen LogP contribution >= 0.6 is 0 Å². The van der Waals surface area contributed by atoms with Gasteiger partial charge in [-0.05, 0) is 6.42 Å². The van der Waals surface area contributed by atoms with Crippen LogP contribution in [0, 0.1) is 0 Å². The summed E-state index contributed by atoms with van der Waals surface area (Å²) in [6.07, 6.45) is 9.20. The molecule has 0 aromatic heterocycles. The number of rotatable bonds is 12. The fourth-order valence-corrected chi connectivity index (χ4v) is 1.91. The van der Waals surface area contributed by atoms with Crippen molar-refractivity contribution in [2.45, 2.75) is 64.3 Å². The second-order valence-electron chi connectivity index (χ2n) is 4.83. The predicted octanol–water partition coefficient (Wildman–Crippen LogP) is 2.22. The van der Waals surface area contributed by atoms with E-state index in [1.165, 1.54) is 32.1 Å². The number of unbranched alkanes of at least 4 members (excludes halogenated alkanes) is 6. The first kappa shape index (κ1) is 17.4. The van der Waals surface area contributed by atoms with Crippen LogP contribution in [0.5, 0.6) is 0 Å². The molecule has 0 saturated heterocycles. The SMILES string of the molecule is CCCCCCCCCC(=O)NC(CN)COC. The number of nitrogens with one attached hydrogen (secondary N) is 1. The molecule has 0 aromatic carbocycles. The topological polar surface area (TPSA) is 64.4 Å². The lowest BCUT2D eigenvalue weighted by Crippen LogP contribution is -2.43. The molecular weight excluding hydrogens is 228 g/mol. The van der Waals surface area contributed by atoms with Crippen molar-refractivity contribution in [1.82, 2.24) is 5.32 Å². The van der Waals surface area contributed by atoms with E-state index < -0.39 is 0 Å². The summed E-state index contributed by atoms with van der Waals surface area (Å²) in [6, 6.07) is -0.0490. The summed E-state index contributed by atoms with van der Waals surface area (Å²) >= 11 is 0. The third-order valence-corrected chi connectivity index (χ3v) is 3.02. The Balaban J connectivity index is 3.41. The molecule has 108 valence electrons. The maximum absolute atomic E-state index is 11.6. The highest BCUT2D eigenvalue weighted by molar-refractivity contribution is 5.76. The van der Waals surface area contributed by atoms with E-state index in [9.17, 15) is 4.79 Å². The Morgan fingerprint density at radius 2 is 1.78 bits per heavy atom. The molecule has 0 fully saturated rings. The molecule has 1 unspecified atom stereocenters. The molecule has 0 radical (unpaired) electrons. The number of hydrogen-bond donors (Lipinski definition) is 2. The molecule has 0 aliphatic rings. The Bertz CT molecular complexity index is 198. The van der Waals surface area contributed by atoms with Crippen molar-refractivity contribution >= 4 is 5.91 Å². The minimum Gasteiger partial charge on any atom is -0.383 e. The Morgan fingerprint density at radius 3 is 2.33 bits per heavy atom. The molecule has 4 heteroatoms. The number of carbonyl (C=O) groups excluding carboxylic acids is 1. The van der Waals surface area contributed by atoms with E-state index in [2.05, 4.69) is 12.2 Å². The van der Waals surface area contributed by atoms with Gasteiger partial charge in [-0.25, -0.2) is 0 Å². The van der Waals surface area contributed by atoms with Gasteiger partial charge in [0.05, 0.1) is 12.6 Å². The van der Waals surface area contributed by atoms with E-state index in [4.69, 9.17) is 10.5 Å². The summed E-state index contributed by atoms with van der Waals surface area (Å²) in [6.45, 7) is 3.13. The fourth-order valence-electron chi connectivity index (χ4n) is 1.91. The number of ether oxygens (including phenoxy) is 1. The summed E-state index contributed by atoms with van der Waals surface area (Å²) in [5.74, 6) is 0.0936. The molecule has 1 atom stereocenters. The van der Waals surface area contributed by atoms with Gasteiger partial charge in [0, 0.05) is 20.1 Å². The summed E-state index contributed by atoms with van der Waals surface area (Å²) in [5, 5.41) is 2.89. The molecular formula is C14H30N2O2.